The lowest BCUT2D eigenvalue weighted by Gasteiger charge is -2.38. The molecule has 0 saturated heterocycles. The topological polar surface area (TPSA) is 60.0 Å². The van der Waals surface area contributed by atoms with Gasteiger partial charge in [0.15, 0.2) is 5.66 Å². The Bertz CT molecular complexity index is 1040. The average molecular weight is 447 g/mol. The van der Waals surface area contributed by atoms with Crippen LogP contribution in [0, 0.1) is 24.5 Å². The second-order valence-electron chi connectivity index (χ2n) is 8.48. The van der Waals surface area contributed by atoms with Gasteiger partial charge < -0.3 is 10.5 Å². The molecule has 1 aliphatic heterocycles. The number of aryl methyl sites for hydroxylation is 1. The first-order chi connectivity index (χ1) is 15.2. The van der Waals surface area contributed by atoms with Crippen molar-refractivity contribution in [1.29, 1.82) is 0 Å². The first kappa shape index (κ1) is 22.5. The maximum Gasteiger partial charge on any atom is 0.345 e. The van der Waals surface area contributed by atoms with Crippen LogP contribution < -0.4 is 5.73 Å². The highest BCUT2D eigenvalue weighted by Gasteiger charge is 2.46. The van der Waals surface area contributed by atoms with Crippen LogP contribution in [-0.2, 0) is 10.4 Å². The quantitative estimate of drug-likeness (QED) is 0.596. The number of amidine groups is 1. The van der Waals surface area contributed by atoms with E-state index in [9.17, 15) is 17.6 Å². The van der Waals surface area contributed by atoms with Gasteiger partial charge in [-0.2, -0.15) is 8.78 Å². The molecule has 1 unspecified atom stereocenters. The lowest BCUT2D eigenvalue weighted by atomic mass is 9.74. The Morgan fingerprint density at radius 2 is 1.59 bits per heavy atom. The molecule has 32 heavy (non-hydrogen) atoms. The van der Waals surface area contributed by atoms with Crippen molar-refractivity contribution in [2.75, 3.05) is 0 Å². The van der Waals surface area contributed by atoms with E-state index in [-0.39, 0.29) is 5.92 Å². The van der Waals surface area contributed by atoms with Crippen LogP contribution in [0.3, 0.4) is 0 Å². The Morgan fingerprint density at radius 3 is 2.16 bits per heavy atom. The van der Waals surface area contributed by atoms with Crippen LogP contribution in [0.4, 0.5) is 17.6 Å². The third kappa shape index (κ3) is 4.28. The normalized spacial score (nSPS) is 25.7. The number of alkyl halides is 2. The third-order valence-electron chi connectivity index (χ3n) is 6.37. The molecule has 1 saturated carbocycles. The van der Waals surface area contributed by atoms with Gasteiger partial charge in [0.25, 0.3) is 0 Å². The van der Waals surface area contributed by atoms with Crippen molar-refractivity contribution >= 4 is 11.5 Å². The van der Waals surface area contributed by atoms with Crippen molar-refractivity contribution in [3.05, 3.63) is 59.2 Å². The van der Waals surface area contributed by atoms with Crippen LogP contribution in [0.2, 0.25) is 0 Å². The predicted octanol–water partition coefficient (Wildman–Crippen LogP) is 5.72. The second kappa shape index (κ2) is 8.65. The summed E-state index contributed by atoms with van der Waals surface area (Å²) >= 11 is 0. The zero-order chi connectivity index (χ0) is 23.0. The van der Waals surface area contributed by atoms with Crippen LogP contribution in [0.1, 0.15) is 43.7 Å². The molecule has 4 rings (SSSR count). The summed E-state index contributed by atoms with van der Waals surface area (Å²) in [7, 11) is 0. The van der Waals surface area contributed by atoms with Crippen molar-refractivity contribution in [2.24, 2.45) is 21.6 Å². The second-order valence-corrected chi connectivity index (χ2v) is 8.48. The molecule has 1 heterocycles. The summed E-state index contributed by atoms with van der Waals surface area (Å²) in [5.41, 5.74) is 8.47. The molecule has 0 bridgehead atoms. The van der Waals surface area contributed by atoms with Crippen LogP contribution in [0.5, 0.6) is 0 Å². The number of hydrogen-bond donors (Lipinski definition) is 1. The van der Waals surface area contributed by atoms with E-state index < -0.39 is 30.0 Å². The first-order valence-electron chi connectivity index (χ1n) is 10.6. The molecular weight excluding hydrogens is 422 g/mol. The van der Waals surface area contributed by atoms with E-state index in [1.165, 1.54) is 12.1 Å². The highest BCUT2D eigenvalue weighted by molar-refractivity contribution is 6.41. The van der Waals surface area contributed by atoms with Crippen LogP contribution in [-0.4, -0.2) is 24.3 Å². The van der Waals surface area contributed by atoms with Gasteiger partial charge in [-0.25, -0.2) is 13.8 Å². The molecule has 0 spiro atoms. The van der Waals surface area contributed by atoms with Crippen LogP contribution in [0.15, 0.2) is 46.4 Å². The van der Waals surface area contributed by atoms with Crippen molar-refractivity contribution in [3.63, 3.8) is 0 Å². The minimum absolute atomic E-state index is 0.0748. The highest BCUT2D eigenvalue weighted by Crippen LogP contribution is 2.47. The van der Waals surface area contributed by atoms with Gasteiger partial charge in [-0.1, -0.05) is 12.1 Å². The van der Waals surface area contributed by atoms with Crippen LogP contribution >= 0.6 is 0 Å². The average Bonchev–Trinajstić information content (AvgIpc) is 3.03. The Hall–Kier alpha value is -2.74. The molecular formula is C24H25F4N3O. The van der Waals surface area contributed by atoms with Crippen molar-refractivity contribution in [3.8, 4) is 11.1 Å². The van der Waals surface area contributed by atoms with Gasteiger partial charge >= 0.3 is 6.61 Å². The summed E-state index contributed by atoms with van der Waals surface area (Å²) in [6.07, 6.45) is 1.61. The van der Waals surface area contributed by atoms with E-state index in [2.05, 4.69) is 0 Å². The van der Waals surface area contributed by atoms with Crippen LogP contribution in [0.25, 0.3) is 11.1 Å². The molecule has 2 aliphatic rings. The SMILES string of the molecule is CC1=NC(c2cc(-c3cc(F)cc(F)c3)ccc2C)(C2CCC(OC(F)F)CC2)N=C1N. The number of halogens is 4. The Kier molecular flexibility index (Phi) is 6.07. The Morgan fingerprint density at radius 1 is 0.938 bits per heavy atom. The largest absolute Gasteiger partial charge is 0.382 e. The minimum atomic E-state index is -2.79. The van der Waals surface area contributed by atoms with Gasteiger partial charge in [0.1, 0.15) is 17.5 Å². The standard InChI is InChI=1S/C24H25F4N3O/c1-13-3-4-15(16-9-18(25)12-19(26)10-16)11-21(13)24(30-14(2)22(29)31-24)17-5-7-20(8-6-17)32-23(27)28/h3-4,9-12,17,20,23H,5-8H2,1-2H3,(H2,29,31). The van der Waals surface area contributed by atoms with E-state index in [0.717, 1.165) is 17.2 Å². The summed E-state index contributed by atoms with van der Waals surface area (Å²) in [4.78, 5) is 9.63. The Labute approximate surface area is 184 Å². The van der Waals surface area contributed by atoms with Gasteiger partial charge in [-0.3, -0.25) is 4.99 Å². The highest BCUT2D eigenvalue weighted by atomic mass is 19.3. The molecule has 8 heteroatoms. The fraction of sp³-hybridized carbons (Fsp3) is 0.417. The molecule has 170 valence electrons. The molecule has 1 atom stereocenters. The summed E-state index contributed by atoms with van der Waals surface area (Å²) in [5, 5.41) is 0. The summed E-state index contributed by atoms with van der Waals surface area (Å²) in [6, 6.07) is 8.90. The van der Waals surface area contributed by atoms with Gasteiger partial charge in [-0.05, 0) is 74.4 Å². The number of aliphatic imine (C=N–C) groups is 2. The zero-order valence-corrected chi connectivity index (χ0v) is 17.9. The van der Waals surface area contributed by atoms with E-state index in [1.807, 2.05) is 19.1 Å². The molecule has 0 amide bonds. The number of nitrogens with two attached hydrogens (primary N) is 1. The number of hydrogen-bond acceptors (Lipinski definition) is 4. The molecule has 2 N–H and O–H groups in total. The van der Waals surface area contributed by atoms with E-state index in [1.54, 1.807) is 13.0 Å². The maximum atomic E-state index is 13.8. The van der Waals surface area contributed by atoms with Crippen molar-refractivity contribution < 1.29 is 22.3 Å². The number of benzene rings is 2. The van der Waals surface area contributed by atoms with Gasteiger partial charge in [0, 0.05) is 17.5 Å². The predicted molar refractivity (Wildman–Crippen MR) is 116 cm³/mol. The fourth-order valence-corrected chi connectivity index (χ4v) is 4.79. The zero-order valence-electron chi connectivity index (χ0n) is 17.9. The van der Waals surface area contributed by atoms with Gasteiger partial charge in [0.2, 0.25) is 0 Å². The first-order valence-corrected chi connectivity index (χ1v) is 10.6. The Balaban J connectivity index is 1.75. The fourth-order valence-electron chi connectivity index (χ4n) is 4.79. The van der Waals surface area contributed by atoms with E-state index >= 15 is 0 Å². The number of nitrogens with zero attached hydrogens (tertiary/aromatic N) is 2. The third-order valence-corrected chi connectivity index (χ3v) is 6.37. The molecule has 2 aromatic carbocycles. The van der Waals surface area contributed by atoms with Crippen molar-refractivity contribution in [2.45, 2.75) is 57.9 Å². The summed E-state index contributed by atoms with van der Waals surface area (Å²) in [6.45, 7) is 0.914. The van der Waals surface area contributed by atoms with Gasteiger partial charge in [0.05, 0.1) is 11.8 Å². The molecule has 4 nitrogen and oxygen atoms in total. The van der Waals surface area contributed by atoms with Crippen molar-refractivity contribution in [1.82, 2.24) is 0 Å². The van der Waals surface area contributed by atoms with E-state index in [0.29, 0.717) is 48.4 Å². The summed E-state index contributed by atoms with van der Waals surface area (Å²) in [5.74, 6) is -1.07. The maximum absolute atomic E-state index is 13.8. The van der Waals surface area contributed by atoms with E-state index in [4.69, 9.17) is 20.5 Å². The lowest BCUT2D eigenvalue weighted by molar-refractivity contribution is -0.172. The molecule has 1 aliphatic carbocycles. The monoisotopic (exact) mass is 447 g/mol. The lowest BCUT2D eigenvalue weighted by Crippen LogP contribution is -2.36. The molecule has 0 aromatic heterocycles. The molecule has 1 fully saturated rings. The summed E-state index contributed by atoms with van der Waals surface area (Å²) < 4.78 is 57.6. The smallest absolute Gasteiger partial charge is 0.345 e. The number of rotatable bonds is 5. The molecule has 2 aromatic rings. The number of ether oxygens (including phenoxy) is 1. The minimum Gasteiger partial charge on any atom is -0.382 e. The molecule has 0 radical (unpaired) electrons. The van der Waals surface area contributed by atoms with Gasteiger partial charge in [-0.15, -0.1) is 0 Å².